The molecule has 0 aliphatic carbocycles. The number of hydrogen-bond acceptors (Lipinski definition) is 15. The van der Waals surface area contributed by atoms with E-state index in [0.717, 1.165) is 0 Å². The van der Waals surface area contributed by atoms with Gasteiger partial charge in [-0.15, -0.1) is 0 Å². The SMILES string of the molecule is O=CN(O)CCCP(=O)([O-])[O-].O=CN(O)CCCP(=O)([O-])[O-].O=CN(O)CCCP(=O)([O-])[O-].[Al+3].[Al+3]. The Hall–Kier alpha value is -0.195. The van der Waals surface area contributed by atoms with Gasteiger partial charge in [0, 0.05) is 19.6 Å². The first-order valence-electron chi connectivity index (χ1n) is 8.62. The normalized spacial score (nSPS) is 10.5. The largest absolute Gasteiger partial charge is 3.00 e. The van der Waals surface area contributed by atoms with Crippen LogP contribution in [-0.2, 0) is 28.1 Å². The average molecular weight is 597 g/mol. The summed E-state index contributed by atoms with van der Waals surface area (Å²) in [6.45, 7) is -0.423. The molecule has 0 unspecified atom stereocenters. The quantitative estimate of drug-likeness (QED) is 0.0520. The second-order valence-corrected chi connectivity index (χ2v) is 10.9. The molecule has 23 heteroatoms. The first kappa shape index (κ1) is 44.8. The fraction of sp³-hybridized carbons (Fsp3) is 0.750. The van der Waals surface area contributed by atoms with E-state index in [2.05, 4.69) is 0 Å². The third kappa shape index (κ3) is 47.6. The minimum Gasteiger partial charge on any atom is -0.811 e. The van der Waals surface area contributed by atoms with Crippen LogP contribution in [0, 0.1) is 0 Å². The zero-order valence-corrected chi connectivity index (χ0v) is 23.2. The third-order valence-corrected chi connectivity index (χ3v) is 5.41. The molecule has 35 heavy (non-hydrogen) atoms. The van der Waals surface area contributed by atoms with Gasteiger partial charge < -0.3 is 43.1 Å². The second kappa shape index (κ2) is 24.2. The van der Waals surface area contributed by atoms with Crippen molar-refractivity contribution in [3.63, 3.8) is 0 Å². The van der Waals surface area contributed by atoms with Crippen molar-refractivity contribution < 1.29 is 73.1 Å². The first-order valence-corrected chi connectivity index (χ1v) is 13.8. The fourth-order valence-electron chi connectivity index (χ4n) is 1.44. The van der Waals surface area contributed by atoms with Crippen molar-refractivity contribution >= 4 is 76.7 Å². The topological polar surface area (TPSA) is 311 Å². The molecule has 0 saturated heterocycles. The Balaban J connectivity index is -0.000000125. The second-order valence-electron chi connectivity index (χ2n) is 5.87. The summed E-state index contributed by atoms with van der Waals surface area (Å²) in [5.41, 5.74) is 0. The molecule has 0 fully saturated rings. The summed E-state index contributed by atoms with van der Waals surface area (Å²) in [7, 11) is -13.5. The van der Waals surface area contributed by atoms with Gasteiger partial charge in [-0.25, -0.2) is 15.2 Å². The Morgan fingerprint density at radius 1 is 0.514 bits per heavy atom. The standard InChI is InChI=1S/3C4H10NO5P.2Al/c3*6-4-5(7)2-1-3-11(8,9)10;;/h3*4,7H,1-3H2,(H2,8,9,10);;/q;;;2*+3/p-6. The molecular formula is C12H24Al2N3O15P3. The van der Waals surface area contributed by atoms with E-state index >= 15 is 0 Å². The van der Waals surface area contributed by atoms with Crippen LogP contribution in [0.25, 0.3) is 0 Å². The molecule has 0 atom stereocenters. The summed E-state index contributed by atoms with van der Waals surface area (Å²) in [4.78, 5) is 89.0. The van der Waals surface area contributed by atoms with Crippen LogP contribution in [0.2, 0.25) is 0 Å². The summed E-state index contributed by atoms with van der Waals surface area (Å²) in [6, 6.07) is 0. The van der Waals surface area contributed by atoms with E-state index in [1.165, 1.54) is 0 Å². The van der Waals surface area contributed by atoms with Crippen molar-refractivity contribution in [2.75, 3.05) is 38.1 Å². The van der Waals surface area contributed by atoms with Crippen molar-refractivity contribution in [1.29, 1.82) is 0 Å². The van der Waals surface area contributed by atoms with E-state index in [-0.39, 0.29) is 108 Å². The minimum absolute atomic E-state index is 0. The van der Waals surface area contributed by atoms with E-state index in [9.17, 15) is 57.4 Å². The molecule has 0 bridgehead atoms. The van der Waals surface area contributed by atoms with Crippen molar-refractivity contribution in [2.45, 2.75) is 19.3 Å². The molecule has 3 amide bonds. The Morgan fingerprint density at radius 3 is 0.800 bits per heavy atom. The van der Waals surface area contributed by atoms with Crippen molar-refractivity contribution in [3.05, 3.63) is 0 Å². The number of rotatable bonds is 15. The summed E-state index contributed by atoms with van der Waals surface area (Å²) in [5.74, 6) is 0. The Kier molecular flexibility index (Phi) is 30.9. The Bertz CT molecular complexity index is 599. The van der Waals surface area contributed by atoms with Gasteiger partial charge in [-0.2, -0.15) is 0 Å². The molecule has 0 saturated carbocycles. The number of amides is 3. The van der Waals surface area contributed by atoms with Crippen LogP contribution in [-0.4, -0.2) is 123 Å². The maximum absolute atomic E-state index is 9.98. The molecule has 0 radical (unpaired) electrons. The first-order chi connectivity index (χ1) is 14.9. The summed E-state index contributed by atoms with van der Waals surface area (Å²) in [6.07, 6.45) is -1.34. The van der Waals surface area contributed by atoms with Gasteiger partial charge in [0.1, 0.15) is 0 Å². The molecule has 0 aliphatic heterocycles. The van der Waals surface area contributed by atoms with Crippen LogP contribution < -0.4 is 29.4 Å². The Labute approximate surface area is 222 Å². The molecule has 0 rings (SSSR count). The molecule has 0 aliphatic rings. The molecule has 0 aromatic rings. The molecule has 3 N–H and O–H groups in total. The van der Waals surface area contributed by atoms with Crippen molar-refractivity contribution in [3.8, 4) is 0 Å². The minimum atomic E-state index is -4.49. The van der Waals surface area contributed by atoms with E-state index < -0.39 is 41.3 Å². The van der Waals surface area contributed by atoms with Crippen LogP contribution in [0.4, 0.5) is 0 Å². The number of carbonyl (C=O) groups excluding carboxylic acids is 3. The number of hydroxylamine groups is 6. The van der Waals surface area contributed by atoms with Gasteiger partial charge in [0.2, 0.25) is 19.2 Å². The van der Waals surface area contributed by atoms with Crippen LogP contribution in [0.5, 0.6) is 0 Å². The fourth-order valence-corrected chi connectivity index (χ4v) is 3.02. The van der Waals surface area contributed by atoms with Gasteiger partial charge >= 0.3 is 34.7 Å². The molecule has 0 aromatic carbocycles. The summed E-state index contributed by atoms with van der Waals surface area (Å²) < 4.78 is 30.0. The van der Waals surface area contributed by atoms with Crippen LogP contribution >= 0.6 is 22.8 Å². The smallest absolute Gasteiger partial charge is 0.811 e. The van der Waals surface area contributed by atoms with E-state index in [1.54, 1.807) is 0 Å². The Morgan fingerprint density at radius 2 is 0.686 bits per heavy atom. The van der Waals surface area contributed by atoms with Gasteiger partial charge in [0.25, 0.3) is 0 Å². The van der Waals surface area contributed by atoms with Gasteiger partial charge in [0.05, 0.1) is 0 Å². The maximum atomic E-state index is 9.98. The zero-order chi connectivity index (χ0) is 26.7. The van der Waals surface area contributed by atoms with Crippen molar-refractivity contribution in [1.82, 2.24) is 15.2 Å². The molecule has 18 nitrogen and oxygen atoms in total. The van der Waals surface area contributed by atoms with E-state index in [0.29, 0.717) is 0 Å². The van der Waals surface area contributed by atoms with Gasteiger partial charge in [-0.1, -0.05) is 22.8 Å². The predicted molar refractivity (Wildman–Crippen MR) is 106 cm³/mol. The van der Waals surface area contributed by atoms with E-state index in [1.807, 2.05) is 0 Å². The number of carbonyl (C=O) groups is 3. The number of nitrogens with zero attached hydrogens (tertiary/aromatic N) is 3. The molecular weight excluding hydrogens is 573 g/mol. The molecule has 0 aromatic heterocycles. The summed E-state index contributed by atoms with van der Waals surface area (Å²) in [5, 5.41) is 26.1. The van der Waals surface area contributed by atoms with Gasteiger partial charge in [-0.05, 0) is 37.7 Å². The van der Waals surface area contributed by atoms with Crippen LogP contribution in [0.3, 0.4) is 0 Å². The maximum Gasteiger partial charge on any atom is 3.00 e. The number of hydrogen-bond donors (Lipinski definition) is 3. The zero-order valence-electron chi connectivity index (χ0n) is 18.2. The molecule has 0 heterocycles. The van der Waals surface area contributed by atoms with Gasteiger partial charge in [0.15, 0.2) is 0 Å². The third-order valence-electron chi connectivity index (χ3n) is 2.82. The van der Waals surface area contributed by atoms with Crippen molar-refractivity contribution in [2.24, 2.45) is 0 Å². The monoisotopic (exact) mass is 597 g/mol. The average Bonchev–Trinajstić information content (AvgIpc) is 2.65. The summed E-state index contributed by atoms with van der Waals surface area (Å²) >= 11 is 0. The predicted octanol–water partition coefficient (Wildman–Crippen LogP) is -6.35. The van der Waals surface area contributed by atoms with Gasteiger partial charge in [-0.3, -0.25) is 30.0 Å². The van der Waals surface area contributed by atoms with Crippen LogP contribution in [0.15, 0.2) is 0 Å². The molecule has 0 spiro atoms. The van der Waals surface area contributed by atoms with Crippen LogP contribution in [0.1, 0.15) is 19.3 Å². The molecule has 198 valence electrons. The van der Waals surface area contributed by atoms with E-state index in [4.69, 9.17) is 15.6 Å².